The highest BCUT2D eigenvalue weighted by molar-refractivity contribution is 9.10. The second-order valence-electron chi connectivity index (χ2n) is 4.28. The molecule has 0 spiro atoms. The molecule has 1 aromatic carbocycles. The van der Waals surface area contributed by atoms with Gasteiger partial charge in [-0.2, -0.15) is 13.2 Å². The Morgan fingerprint density at radius 2 is 1.95 bits per heavy atom. The number of aryl methyl sites for hydroxylation is 1. The summed E-state index contributed by atoms with van der Waals surface area (Å²) in [6.45, 7) is 1.95. The Hall–Kier alpha value is -1.83. The molecule has 0 radical (unpaired) electrons. The van der Waals surface area contributed by atoms with E-state index in [1.807, 2.05) is 13.0 Å². The van der Waals surface area contributed by atoms with E-state index in [-0.39, 0.29) is 11.6 Å². The number of nitrogens with two attached hydrogens (primary N) is 1. The van der Waals surface area contributed by atoms with Crippen LogP contribution in [0.4, 0.5) is 30.5 Å². The van der Waals surface area contributed by atoms with Gasteiger partial charge < -0.3 is 11.1 Å². The van der Waals surface area contributed by atoms with Crippen LogP contribution < -0.4 is 11.1 Å². The molecule has 1 heterocycles. The van der Waals surface area contributed by atoms with Crippen LogP contribution in [0.1, 0.15) is 18.3 Å². The number of hydrogen-bond acceptors (Lipinski definition) is 4. The van der Waals surface area contributed by atoms with Gasteiger partial charge in [-0.3, -0.25) is 0 Å². The van der Waals surface area contributed by atoms with Gasteiger partial charge in [-0.1, -0.05) is 22.9 Å². The fourth-order valence-corrected chi connectivity index (χ4v) is 2.18. The number of aromatic nitrogens is 2. The maximum Gasteiger partial charge on any atom is 0.451 e. The molecule has 2 aromatic rings. The molecular weight excluding hydrogens is 349 g/mol. The maximum absolute atomic E-state index is 12.7. The first-order valence-electron chi connectivity index (χ1n) is 6.07. The molecule has 112 valence electrons. The van der Waals surface area contributed by atoms with E-state index in [4.69, 9.17) is 5.73 Å². The summed E-state index contributed by atoms with van der Waals surface area (Å²) in [7, 11) is 0. The van der Waals surface area contributed by atoms with Crippen LogP contribution in [-0.2, 0) is 12.6 Å². The molecule has 0 aliphatic rings. The lowest BCUT2D eigenvalue weighted by Gasteiger charge is -2.13. The molecular formula is C13H12BrF3N4. The molecule has 0 aliphatic carbocycles. The van der Waals surface area contributed by atoms with Crippen molar-refractivity contribution in [2.75, 3.05) is 11.1 Å². The summed E-state index contributed by atoms with van der Waals surface area (Å²) in [5.74, 6) is -1.50. The molecule has 0 saturated carbocycles. The van der Waals surface area contributed by atoms with E-state index in [0.717, 1.165) is 10.0 Å². The van der Waals surface area contributed by atoms with Crippen molar-refractivity contribution in [2.45, 2.75) is 19.5 Å². The fraction of sp³-hybridized carbons (Fsp3) is 0.231. The highest BCUT2D eigenvalue weighted by Crippen LogP contribution is 2.29. The topological polar surface area (TPSA) is 63.8 Å². The van der Waals surface area contributed by atoms with Crippen molar-refractivity contribution >= 4 is 33.3 Å². The molecule has 8 heteroatoms. The number of halogens is 4. The van der Waals surface area contributed by atoms with Crippen LogP contribution in [-0.4, -0.2) is 9.97 Å². The minimum atomic E-state index is -4.64. The number of rotatable bonds is 3. The van der Waals surface area contributed by atoms with Gasteiger partial charge in [0, 0.05) is 16.2 Å². The molecule has 0 bridgehead atoms. The fourth-order valence-electron chi connectivity index (χ4n) is 1.77. The first-order chi connectivity index (χ1) is 9.79. The highest BCUT2D eigenvalue weighted by Gasteiger charge is 2.35. The number of nitrogen functional groups attached to an aromatic ring is 1. The standard InChI is InChI=1S/C13H12BrF3N4/c1-2-7-5-8(14)3-4-9(7)19-11-6-10(18)20-12(21-11)13(15,16)17/h3-6H,2H2,1H3,(H3,18,19,20,21). The SMILES string of the molecule is CCc1cc(Br)ccc1Nc1cc(N)nc(C(F)(F)F)n1. The van der Waals surface area contributed by atoms with Crippen molar-refractivity contribution in [1.29, 1.82) is 0 Å². The Balaban J connectivity index is 2.38. The van der Waals surface area contributed by atoms with Gasteiger partial charge in [-0.15, -0.1) is 0 Å². The molecule has 4 nitrogen and oxygen atoms in total. The molecule has 1 aromatic heterocycles. The molecule has 3 N–H and O–H groups in total. The van der Waals surface area contributed by atoms with Crippen molar-refractivity contribution in [2.24, 2.45) is 0 Å². The normalized spacial score (nSPS) is 11.5. The number of anilines is 3. The Morgan fingerprint density at radius 1 is 1.24 bits per heavy atom. The van der Waals surface area contributed by atoms with Crippen LogP contribution in [0, 0.1) is 0 Å². The van der Waals surface area contributed by atoms with Crippen molar-refractivity contribution in [3.63, 3.8) is 0 Å². The Labute approximate surface area is 127 Å². The van der Waals surface area contributed by atoms with E-state index in [2.05, 4.69) is 31.2 Å². The van der Waals surface area contributed by atoms with Crippen molar-refractivity contribution in [3.05, 3.63) is 40.1 Å². The molecule has 0 unspecified atom stereocenters. The van der Waals surface area contributed by atoms with Crippen molar-refractivity contribution in [3.8, 4) is 0 Å². The summed E-state index contributed by atoms with van der Waals surface area (Å²) >= 11 is 3.35. The summed E-state index contributed by atoms with van der Waals surface area (Å²) in [6.07, 6.45) is -3.92. The van der Waals surface area contributed by atoms with Gasteiger partial charge in [0.1, 0.15) is 11.6 Å². The van der Waals surface area contributed by atoms with Gasteiger partial charge in [-0.05, 0) is 30.2 Å². The lowest BCUT2D eigenvalue weighted by atomic mass is 10.1. The average molecular weight is 361 g/mol. The average Bonchev–Trinajstić information content (AvgIpc) is 2.39. The number of benzene rings is 1. The van der Waals surface area contributed by atoms with Crippen molar-refractivity contribution in [1.82, 2.24) is 9.97 Å². The van der Waals surface area contributed by atoms with Crippen LogP contribution >= 0.6 is 15.9 Å². The number of nitrogens with zero attached hydrogens (tertiary/aromatic N) is 2. The zero-order valence-electron chi connectivity index (χ0n) is 11.0. The zero-order valence-corrected chi connectivity index (χ0v) is 12.6. The van der Waals surface area contributed by atoms with Gasteiger partial charge in [0.15, 0.2) is 0 Å². The second kappa shape index (κ2) is 5.88. The zero-order chi connectivity index (χ0) is 15.6. The number of nitrogens with one attached hydrogen (secondary N) is 1. The highest BCUT2D eigenvalue weighted by atomic mass is 79.9. The van der Waals surface area contributed by atoms with E-state index in [9.17, 15) is 13.2 Å². The smallest absolute Gasteiger partial charge is 0.384 e. The van der Waals surface area contributed by atoms with Gasteiger partial charge in [-0.25, -0.2) is 9.97 Å². The summed E-state index contributed by atoms with van der Waals surface area (Å²) in [6, 6.07) is 6.69. The van der Waals surface area contributed by atoms with Gasteiger partial charge in [0.25, 0.3) is 0 Å². The third-order valence-electron chi connectivity index (χ3n) is 2.71. The molecule has 0 amide bonds. The summed E-state index contributed by atoms with van der Waals surface area (Å²) in [5, 5.41) is 2.85. The minimum absolute atomic E-state index is 0.00634. The quantitative estimate of drug-likeness (QED) is 0.862. The van der Waals surface area contributed by atoms with Crippen molar-refractivity contribution < 1.29 is 13.2 Å². The van der Waals surface area contributed by atoms with E-state index in [0.29, 0.717) is 12.1 Å². The monoisotopic (exact) mass is 360 g/mol. The third kappa shape index (κ3) is 3.84. The predicted molar refractivity (Wildman–Crippen MR) is 78.2 cm³/mol. The van der Waals surface area contributed by atoms with Crippen LogP contribution in [0.3, 0.4) is 0 Å². The lowest BCUT2D eigenvalue weighted by Crippen LogP contribution is -2.13. The largest absolute Gasteiger partial charge is 0.451 e. The Bertz CT molecular complexity index is 658. The van der Waals surface area contributed by atoms with Gasteiger partial charge in [0.2, 0.25) is 5.82 Å². The van der Waals surface area contributed by atoms with Crippen LogP contribution in [0.25, 0.3) is 0 Å². The molecule has 0 aliphatic heterocycles. The predicted octanol–water partition coefficient (Wildman–Crippen LogP) is 4.15. The summed E-state index contributed by atoms with van der Waals surface area (Å²) < 4.78 is 38.9. The molecule has 0 atom stereocenters. The lowest BCUT2D eigenvalue weighted by molar-refractivity contribution is -0.144. The van der Waals surface area contributed by atoms with E-state index in [1.165, 1.54) is 6.07 Å². The maximum atomic E-state index is 12.7. The summed E-state index contributed by atoms with van der Waals surface area (Å²) in [5.41, 5.74) is 7.02. The van der Waals surface area contributed by atoms with E-state index in [1.54, 1.807) is 12.1 Å². The Morgan fingerprint density at radius 3 is 2.57 bits per heavy atom. The van der Waals surface area contributed by atoms with Gasteiger partial charge in [0.05, 0.1) is 0 Å². The number of alkyl halides is 3. The third-order valence-corrected chi connectivity index (χ3v) is 3.20. The summed E-state index contributed by atoms with van der Waals surface area (Å²) in [4.78, 5) is 6.66. The number of hydrogen-bond donors (Lipinski definition) is 2. The first-order valence-corrected chi connectivity index (χ1v) is 6.86. The molecule has 0 fully saturated rings. The Kier molecular flexibility index (Phi) is 4.36. The van der Waals surface area contributed by atoms with Crippen LogP contribution in [0.15, 0.2) is 28.7 Å². The van der Waals surface area contributed by atoms with Gasteiger partial charge >= 0.3 is 6.18 Å². The van der Waals surface area contributed by atoms with E-state index < -0.39 is 12.0 Å². The van der Waals surface area contributed by atoms with E-state index >= 15 is 0 Å². The molecule has 2 rings (SSSR count). The van der Waals surface area contributed by atoms with Crippen LogP contribution in [0.2, 0.25) is 0 Å². The molecule has 21 heavy (non-hydrogen) atoms. The molecule has 0 saturated heterocycles. The van der Waals surface area contributed by atoms with Crippen LogP contribution in [0.5, 0.6) is 0 Å². The first kappa shape index (κ1) is 15.6. The minimum Gasteiger partial charge on any atom is -0.384 e. The second-order valence-corrected chi connectivity index (χ2v) is 5.20.